The monoisotopic (exact) mass is 922 g/mol. The summed E-state index contributed by atoms with van der Waals surface area (Å²) in [6, 6.07) is 32.9. The smallest absolute Gasteiger partial charge is 0.284 e. The third kappa shape index (κ3) is 9.94. The SMILES string of the molecule is c1ccc(-c2nnc(SCc3nc4ccccc4[nH]3)o2)nc1.c1ccc2[nH]c(CSc3nnc(-c4nccs4)o3)nc2c1.c1coc(-c2nnc(SCc3nc4ccccc4[nH]3)o2)c1. The van der Waals surface area contributed by atoms with Crippen LogP contribution in [0.3, 0.4) is 0 Å². The quantitative estimate of drug-likeness (QED) is 0.0965. The Labute approximate surface area is 377 Å². The zero-order valence-electron chi connectivity index (χ0n) is 32.9. The van der Waals surface area contributed by atoms with Gasteiger partial charge in [-0.1, -0.05) is 77.8 Å². The average molecular weight is 923 g/mol. The molecule has 0 amide bonds. The zero-order chi connectivity index (χ0) is 42.9. The van der Waals surface area contributed by atoms with Gasteiger partial charge in [0.1, 0.15) is 23.2 Å². The van der Waals surface area contributed by atoms with Crippen LogP contribution in [0, 0.1) is 0 Å². The van der Waals surface area contributed by atoms with Crippen molar-refractivity contribution in [2.75, 3.05) is 0 Å². The summed E-state index contributed by atoms with van der Waals surface area (Å²) in [5.41, 5.74) is 6.62. The van der Waals surface area contributed by atoms with Crippen LogP contribution in [0.2, 0.25) is 0 Å². The number of fused-ring (bicyclic) bond motifs is 3. The van der Waals surface area contributed by atoms with Gasteiger partial charge in [0.2, 0.25) is 0 Å². The Morgan fingerprint density at radius 2 is 0.969 bits per heavy atom. The van der Waals surface area contributed by atoms with E-state index in [1.165, 1.54) is 46.6 Å². The molecule has 0 fully saturated rings. The highest BCUT2D eigenvalue weighted by atomic mass is 32.2. The second-order valence-electron chi connectivity index (χ2n) is 13.1. The molecule has 9 heterocycles. The van der Waals surface area contributed by atoms with E-state index in [1.807, 2.05) is 96.4 Å². The number of rotatable bonds is 12. The molecule has 0 spiro atoms. The van der Waals surface area contributed by atoms with Crippen molar-refractivity contribution < 1.29 is 17.7 Å². The summed E-state index contributed by atoms with van der Waals surface area (Å²) in [6.45, 7) is 0. The summed E-state index contributed by atoms with van der Waals surface area (Å²) in [6.07, 6.45) is 4.98. The minimum Gasteiger partial charge on any atom is -0.459 e. The number of para-hydroxylation sites is 6. The van der Waals surface area contributed by atoms with Crippen LogP contribution in [-0.4, -0.2) is 70.5 Å². The van der Waals surface area contributed by atoms with Gasteiger partial charge in [0.15, 0.2) is 10.8 Å². The highest BCUT2D eigenvalue weighted by molar-refractivity contribution is 7.98. The Kier molecular flexibility index (Phi) is 12.3. The molecule has 3 N–H and O–H groups in total. The van der Waals surface area contributed by atoms with Gasteiger partial charge in [0.05, 0.1) is 56.6 Å². The number of thiazole rings is 1. The first-order valence-corrected chi connectivity index (χ1v) is 23.0. The number of hydrogen-bond acceptors (Lipinski definition) is 19. The molecule has 0 radical (unpaired) electrons. The van der Waals surface area contributed by atoms with Crippen molar-refractivity contribution in [3.8, 4) is 34.1 Å². The lowest BCUT2D eigenvalue weighted by Crippen LogP contribution is -1.83. The number of aromatic nitrogens is 14. The molecule has 64 heavy (non-hydrogen) atoms. The summed E-state index contributed by atoms with van der Waals surface area (Å²) >= 11 is 5.79. The number of hydrogen-bond donors (Lipinski definition) is 3. The van der Waals surface area contributed by atoms with E-state index in [0.29, 0.717) is 62.1 Å². The third-order valence-corrected chi connectivity index (χ3v) is 12.0. The summed E-state index contributed by atoms with van der Waals surface area (Å²) in [7, 11) is 0. The molecule has 12 rings (SSSR count). The topological polar surface area (TPSA) is 242 Å². The number of aromatic amines is 3. The summed E-state index contributed by atoms with van der Waals surface area (Å²) < 4.78 is 21.9. The van der Waals surface area contributed by atoms with Gasteiger partial charge in [-0.2, -0.15) is 0 Å². The molecule has 0 aliphatic carbocycles. The second-order valence-corrected chi connectivity index (χ2v) is 16.8. The third-order valence-electron chi connectivity index (χ3n) is 8.76. The molecule has 12 aromatic rings. The Hall–Kier alpha value is -7.40. The van der Waals surface area contributed by atoms with Gasteiger partial charge in [-0.3, -0.25) is 4.98 Å². The van der Waals surface area contributed by atoms with E-state index >= 15 is 0 Å². The Bertz CT molecular complexity index is 3100. The van der Waals surface area contributed by atoms with E-state index in [2.05, 4.69) is 70.5 Å². The molecule has 0 saturated heterocycles. The lowest BCUT2D eigenvalue weighted by Gasteiger charge is -1.93. The normalized spacial score (nSPS) is 11.2. The maximum atomic E-state index is 5.60. The van der Waals surface area contributed by atoms with Crippen molar-refractivity contribution in [1.82, 2.24) is 70.5 Å². The maximum absolute atomic E-state index is 5.60. The van der Waals surface area contributed by atoms with Crippen molar-refractivity contribution in [3.05, 3.63) is 145 Å². The molecule has 0 aliphatic heterocycles. The maximum Gasteiger partial charge on any atom is 0.284 e. The minimum atomic E-state index is 0.382. The van der Waals surface area contributed by atoms with E-state index < -0.39 is 0 Å². The molecule has 3 aromatic carbocycles. The molecular weight excluding hydrogens is 893 g/mol. The standard InChI is InChI=1S/C15H11N5OS.C14H10N4O2S.C13H9N5OS2/c1-2-6-11-10(5-1)17-13(18-11)9-22-15-20-19-14(21-15)12-7-3-4-8-16-12;1-2-5-10-9(4-1)15-12(16-10)8-21-14-18-17-13(20-14)11-6-3-7-19-11;1-2-4-9-8(3-1)15-10(16-9)7-21-13-18-17-11(19-13)12-14-5-6-20-12/h1-8H,9H2,(H,17,18);1-7H,8H2,(H,15,16);1-6H,7H2,(H,15,16). The van der Waals surface area contributed by atoms with Crippen LogP contribution in [0.5, 0.6) is 0 Å². The molecule has 0 bridgehead atoms. The predicted molar refractivity (Wildman–Crippen MR) is 242 cm³/mol. The van der Waals surface area contributed by atoms with Crippen molar-refractivity contribution >= 4 is 79.7 Å². The lowest BCUT2D eigenvalue weighted by atomic mass is 10.3. The number of pyridine rings is 1. The molecule has 0 saturated carbocycles. The van der Waals surface area contributed by atoms with Gasteiger partial charge in [0, 0.05) is 17.8 Å². The molecule has 0 atom stereocenters. The van der Waals surface area contributed by atoms with Crippen molar-refractivity contribution in [2.24, 2.45) is 0 Å². The first-order chi connectivity index (χ1) is 31.6. The molecular formula is C42H30N14O4S4. The number of nitrogens with one attached hydrogen (secondary N) is 3. The van der Waals surface area contributed by atoms with E-state index in [0.717, 1.165) is 55.6 Å². The Balaban J connectivity index is 0.000000114. The molecule has 9 aromatic heterocycles. The zero-order valence-corrected chi connectivity index (χ0v) is 36.2. The van der Waals surface area contributed by atoms with Crippen LogP contribution < -0.4 is 0 Å². The van der Waals surface area contributed by atoms with Gasteiger partial charge in [0.25, 0.3) is 33.3 Å². The van der Waals surface area contributed by atoms with E-state index in [9.17, 15) is 0 Å². The van der Waals surface area contributed by atoms with Gasteiger partial charge in [-0.25, -0.2) is 19.9 Å². The average Bonchev–Trinajstić information content (AvgIpc) is 4.19. The number of imidazole rings is 3. The fourth-order valence-corrected chi connectivity index (χ4v) is 8.38. The fraction of sp³-hybridized carbons (Fsp3) is 0.0714. The fourth-order valence-electron chi connectivity index (χ4n) is 5.92. The summed E-state index contributed by atoms with van der Waals surface area (Å²) in [5, 5.41) is 28.1. The van der Waals surface area contributed by atoms with E-state index in [1.54, 1.807) is 30.8 Å². The van der Waals surface area contributed by atoms with Gasteiger partial charge in [-0.05, 0) is 60.7 Å². The van der Waals surface area contributed by atoms with Crippen molar-refractivity contribution in [1.29, 1.82) is 0 Å². The molecule has 0 aliphatic rings. The molecule has 0 unspecified atom stereocenters. The predicted octanol–water partition coefficient (Wildman–Crippen LogP) is 10.2. The first kappa shape index (κ1) is 40.7. The second kappa shape index (κ2) is 19.3. The Morgan fingerprint density at radius 3 is 1.45 bits per heavy atom. The summed E-state index contributed by atoms with van der Waals surface area (Å²) in [4.78, 5) is 31.6. The highest BCUT2D eigenvalue weighted by Crippen LogP contribution is 2.29. The summed E-state index contributed by atoms with van der Waals surface area (Å²) in [5.74, 6) is 6.38. The number of benzene rings is 3. The van der Waals surface area contributed by atoms with Crippen molar-refractivity contribution in [2.45, 2.75) is 32.9 Å². The molecule has 22 heteroatoms. The largest absolute Gasteiger partial charge is 0.459 e. The first-order valence-electron chi connectivity index (χ1n) is 19.2. The van der Waals surface area contributed by atoms with Crippen LogP contribution in [0.4, 0.5) is 0 Å². The Morgan fingerprint density at radius 1 is 0.469 bits per heavy atom. The number of furan rings is 1. The lowest BCUT2D eigenvalue weighted by molar-refractivity contribution is 0.447. The van der Waals surface area contributed by atoms with Gasteiger partial charge in [-0.15, -0.1) is 41.9 Å². The number of nitrogens with zero attached hydrogens (tertiary/aromatic N) is 11. The molecule has 316 valence electrons. The minimum absolute atomic E-state index is 0.382. The number of thioether (sulfide) groups is 3. The van der Waals surface area contributed by atoms with Crippen LogP contribution in [0.15, 0.2) is 161 Å². The van der Waals surface area contributed by atoms with Gasteiger partial charge < -0.3 is 32.6 Å². The van der Waals surface area contributed by atoms with Crippen LogP contribution >= 0.6 is 46.6 Å². The van der Waals surface area contributed by atoms with Crippen molar-refractivity contribution in [3.63, 3.8) is 0 Å². The van der Waals surface area contributed by atoms with Crippen LogP contribution in [0.1, 0.15) is 17.5 Å². The molecule has 18 nitrogen and oxygen atoms in total. The van der Waals surface area contributed by atoms with Gasteiger partial charge >= 0.3 is 0 Å². The van der Waals surface area contributed by atoms with E-state index in [-0.39, 0.29) is 0 Å². The van der Waals surface area contributed by atoms with Crippen LogP contribution in [-0.2, 0) is 17.3 Å². The number of H-pyrrole nitrogens is 3. The van der Waals surface area contributed by atoms with Crippen LogP contribution in [0.25, 0.3) is 67.2 Å². The highest BCUT2D eigenvalue weighted by Gasteiger charge is 2.15. The van der Waals surface area contributed by atoms with E-state index in [4.69, 9.17) is 17.7 Å².